The van der Waals surface area contributed by atoms with Crippen molar-refractivity contribution in [2.75, 3.05) is 7.05 Å². The molecule has 0 spiro atoms. The van der Waals surface area contributed by atoms with E-state index < -0.39 is 23.4 Å². The van der Waals surface area contributed by atoms with Gasteiger partial charge in [0.25, 0.3) is 11.8 Å². The Kier molecular flexibility index (Phi) is 7.43. The van der Waals surface area contributed by atoms with E-state index in [1.54, 1.807) is 12.1 Å². The van der Waals surface area contributed by atoms with Crippen molar-refractivity contribution in [1.82, 2.24) is 15.5 Å². The Balaban J connectivity index is 1.70. The third-order valence-corrected chi connectivity index (χ3v) is 5.68. The molecule has 2 aromatic carbocycles. The maximum absolute atomic E-state index is 14.4. The van der Waals surface area contributed by atoms with Crippen molar-refractivity contribution < 1.29 is 28.0 Å². The van der Waals surface area contributed by atoms with Crippen LogP contribution >= 0.6 is 11.6 Å². The summed E-state index contributed by atoms with van der Waals surface area (Å²) in [5.74, 6) is -5.94. The number of alkyl halides is 2. The number of rotatable bonds is 9. The highest BCUT2D eigenvalue weighted by atomic mass is 35.5. The zero-order valence-corrected chi connectivity index (χ0v) is 18.5. The van der Waals surface area contributed by atoms with Crippen LogP contribution in [0.5, 0.6) is 0 Å². The number of aldehydes is 1. The summed E-state index contributed by atoms with van der Waals surface area (Å²) < 4.78 is 28.9. The average molecular weight is 478 g/mol. The predicted molar refractivity (Wildman–Crippen MR) is 117 cm³/mol. The monoisotopic (exact) mass is 477 g/mol. The van der Waals surface area contributed by atoms with Gasteiger partial charge in [0.15, 0.2) is 0 Å². The number of hydrogen-bond donors (Lipinski definition) is 2. The number of carbonyl (C=O) groups excluding carboxylic acids is 4. The van der Waals surface area contributed by atoms with Gasteiger partial charge in [0.1, 0.15) is 12.3 Å². The smallest absolute Gasteiger partial charge is 0.349 e. The summed E-state index contributed by atoms with van der Waals surface area (Å²) >= 11 is 5.71. The van der Waals surface area contributed by atoms with E-state index >= 15 is 0 Å². The lowest BCUT2D eigenvalue weighted by Crippen LogP contribution is -2.46. The zero-order chi connectivity index (χ0) is 24.2. The van der Waals surface area contributed by atoms with Crippen LogP contribution in [0, 0.1) is 0 Å². The summed E-state index contributed by atoms with van der Waals surface area (Å²) in [4.78, 5) is 49.3. The van der Waals surface area contributed by atoms with E-state index in [-0.39, 0.29) is 42.8 Å². The van der Waals surface area contributed by atoms with Gasteiger partial charge >= 0.3 is 5.92 Å². The number of benzene rings is 2. The fraction of sp³-hybridized carbons (Fsp3) is 0.304. The molecule has 0 fully saturated rings. The number of fused-ring (bicyclic) bond motifs is 1. The molecule has 3 amide bonds. The second-order valence-corrected chi connectivity index (χ2v) is 8.00. The summed E-state index contributed by atoms with van der Waals surface area (Å²) in [7, 11) is 1.45. The number of hydrogen-bond acceptors (Lipinski definition) is 4. The van der Waals surface area contributed by atoms with Crippen LogP contribution in [0.4, 0.5) is 8.78 Å². The Morgan fingerprint density at radius 2 is 1.91 bits per heavy atom. The number of likely N-dealkylation sites (N-methyl/N-ethyl adjacent to an activating group) is 1. The number of carbonyl (C=O) groups is 4. The minimum Gasteiger partial charge on any atom is -0.357 e. The van der Waals surface area contributed by atoms with Gasteiger partial charge in [-0.05, 0) is 35.7 Å². The van der Waals surface area contributed by atoms with Crippen molar-refractivity contribution in [2.24, 2.45) is 0 Å². The summed E-state index contributed by atoms with van der Waals surface area (Å²) in [5.41, 5.74) is 1.04. The fourth-order valence-electron chi connectivity index (χ4n) is 3.66. The molecule has 0 saturated carbocycles. The SMILES string of the molecule is CNC(=O)C(CCC=O)N1Cc2cc(CNC(=O)C(F)(F)c3ccc(Cl)cc3)ccc2C1=O. The molecule has 0 aromatic heterocycles. The topological polar surface area (TPSA) is 95.6 Å². The fourth-order valence-corrected chi connectivity index (χ4v) is 3.79. The molecule has 10 heteroatoms. The molecule has 1 aliphatic rings. The molecule has 1 aliphatic heterocycles. The van der Waals surface area contributed by atoms with Gasteiger partial charge in [0.05, 0.1) is 0 Å². The first-order valence-corrected chi connectivity index (χ1v) is 10.6. The van der Waals surface area contributed by atoms with Crippen molar-refractivity contribution in [1.29, 1.82) is 0 Å². The van der Waals surface area contributed by atoms with Crippen LogP contribution in [0.1, 0.15) is 39.9 Å². The molecule has 1 unspecified atom stereocenters. The molecule has 0 radical (unpaired) electrons. The summed E-state index contributed by atoms with van der Waals surface area (Å²) in [6, 6.07) is 8.66. The summed E-state index contributed by atoms with van der Waals surface area (Å²) in [6.45, 7) is -0.0403. The van der Waals surface area contributed by atoms with Crippen LogP contribution in [0.15, 0.2) is 42.5 Å². The zero-order valence-electron chi connectivity index (χ0n) is 17.7. The lowest BCUT2D eigenvalue weighted by molar-refractivity contribution is -0.147. The Hall–Kier alpha value is -3.33. The number of nitrogens with one attached hydrogen (secondary N) is 2. The first-order chi connectivity index (χ1) is 15.7. The van der Waals surface area contributed by atoms with E-state index in [2.05, 4.69) is 10.6 Å². The molecule has 2 aromatic rings. The Morgan fingerprint density at radius 3 is 2.55 bits per heavy atom. The molecule has 7 nitrogen and oxygen atoms in total. The van der Waals surface area contributed by atoms with Gasteiger partial charge in [0, 0.05) is 42.7 Å². The lowest BCUT2D eigenvalue weighted by Gasteiger charge is -2.25. The molecular formula is C23H22ClF2N3O4. The summed E-state index contributed by atoms with van der Waals surface area (Å²) in [5, 5.41) is 5.00. The first-order valence-electron chi connectivity index (χ1n) is 10.2. The maximum Gasteiger partial charge on any atom is 0.349 e. The molecule has 1 atom stereocenters. The van der Waals surface area contributed by atoms with Gasteiger partial charge in [-0.25, -0.2) is 0 Å². The molecule has 0 aliphatic carbocycles. The molecule has 1 heterocycles. The third-order valence-electron chi connectivity index (χ3n) is 5.43. The Labute approximate surface area is 194 Å². The molecule has 0 saturated heterocycles. The van der Waals surface area contributed by atoms with Crippen molar-refractivity contribution >= 4 is 35.6 Å². The second-order valence-electron chi connectivity index (χ2n) is 7.56. The standard InChI is InChI=1S/C23H22ClF2N3O4/c1-27-20(31)19(3-2-10-30)29-13-15-11-14(4-9-18(15)21(29)32)12-28-22(33)23(25,26)16-5-7-17(24)8-6-16/h4-11,19H,2-3,12-13H2,1H3,(H,27,31)(H,28,33). The van der Waals surface area contributed by atoms with E-state index in [9.17, 15) is 28.0 Å². The third kappa shape index (κ3) is 5.19. The van der Waals surface area contributed by atoms with Crippen molar-refractivity contribution in [3.8, 4) is 0 Å². The van der Waals surface area contributed by atoms with Crippen LogP contribution in [0.2, 0.25) is 5.02 Å². The first kappa shape index (κ1) is 24.3. The van der Waals surface area contributed by atoms with E-state index in [0.29, 0.717) is 23.0 Å². The highest BCUT2D eigenvalue weighted by molar-refractivity contribution is 6.30. The number of halogens is 3. The minimum absolute atomic E-state index is 0.122. The van der Waals surface area contributed by atoms with Gasteiger partial charge in [0.2, 0.25) is 5.91 Å². The molecule has 174 valence electrons. The second kappa shape index (κ2) is 10.1. The van der Waals surface area contributed by atoms with Gasteiger partial charge in [-0.3, -0.25) is 14.4 Å². The van der Waals surface area contributed by atoms with Crippen molar-refractivity contribution in [3.63, 3.8) is 0 Å². The molecule has 33 heavy (non-hydrogen) atoms. The Bertz CT molecular complexity index is 1080. The highest BCUT2D eigenvalue weighted by Crippen LogP contribution is 2.30. The molecule has 3 rings (SSSR count). The molecule has 0 bridgehead atoms. The van der Waals surface area contributed by atoms with Gasteiger partial charge < -0.3 is 20.3 Å². The normalized spacial score (nSPS) is 13.9. The van der Waals surface area contributed by atoms with Gasteiger partial charge in [-0.15, -0.1) is 0 Å². The van der Waals surface area contributed by atoms with Crippen LogP contribution < -0.4 is 10.6 Å². The van der Waals surface area contributed by atoms with Crippen molar-refractivity contribution in [3.05, 3.63) is 69.7 Å². The molecule has 2 N–H and O–H groups in total. The Morgan fingerprint density at radius 1 is 1.21 bits per heavy atom. The summed E-state index contributed by atoms with van der Waals surface area (Å²) in [6.07, 6.45) is 0.993. The predicted octanol–water partition coefficient (Wildman–Crippen LogP) is 2.80. The quantitative estimate of drug-likeness (QED) is 0.543. The van der Waals surface area contributed by atoms with E-state index in [0.717, 1.165) is 12.1 Å². The average Bonchev–Trinajstić information content (AvgIpc) is 3.13. The largest absolute Gasteiger partial charge is 0.357 e. The van der Waals surface area contributed by atoms with Crippen LogP contribution in [-0.2, 0) is 33.4 Å². The maximum atomic E-state index is 14.4. The highest BCUT2D eigenvalue weighted by Gasteiger charge is 2.41. The van der Waals surface area contributed by atoms with Crippen LogP contribution in [-0.4, -0.2) is 42.0 Å². The van der Waals surface area contributed by atoms with Crippen LogP contribution in [0.3, 0.4) is 0 Å². The number of amides is 3. The lowest BCUT2D eigenvalue weighted by atomic mass is 10.1. The van der Waals surface area contributed by atoms with Crippen molar-refractivity contribution in [2.45, 2.75) is 37.9 Å². The minimum atomic E-state index is -3.74. The van der Waals surface area contributed by atoms with Crippen LogP contribution in [0.25, 0.3) is 0 Å². The number of nitrogens with zero attached hydrogens (tertiary/aromatic N) is 1. The van der Waals surface area contributed by atoms with Gasteiger partial charge in [-0.2, -0.15) is 8.78 Å². The van der Waals surface area contributed by atoms with E-state index in [4.69, 9.17) is 11.6 Å². The van der Waals surface area contributed by atoms with Gasteiger partial charge in [-0.1, -0.05) is 35.9 Å². The molecular weight excluding hydrogens is 456 g/mol. The van der Waals surface area contributed by atoms with E-state index in [1.165, 1.54) is 30.1 Å². The van der Waals surface area contributed by atoms with E-state index in [1.807, 2.05) is 0 Å².